The number of carbonyl (C=O) groups is 2. The maximum absolute atomic E-state index is 12.3. The van der Waals surface area contributed by atoms with Crippen molar-refractivity contribution in [2.45, 2.75) is 31.9 Å². The lowest BCUT2D eigenvalue weighted by atomic mass is 10.0. The molecule has 8 nitrogen and oxygen atoms in total. The molecular weight excluding hydrogens is 356 g/mol. The van der Waals surface area contributed by atoms with E-state index in [1.807, 2.05) is 6.92 Å². The Hall–Kier alpha value is -1.61. The summed E-state index contributed by atoms with van der Waals surface area (Å²) in [5.74, 6) is -0.0875. The number of piperidine rings is 1. The highest BCUT2D eigenvalue weighted by atomic mass is 79.9. The lowest BCUT2D eigenvalue weighted by Gasteiger charge is -2.36. The van der Waals surface area contributed by atoms with Crippen LogP contribution in [-0.2, 0) is 11.2 Å². The molecule has 2 heterocycles. The van der Waals surface area contributed by atoms with E-state index < -0.39 is 6.09 Å². The molecule has 1 aliphatic heterocycles. The van der Waals surface area contributed by atoms with Crippen LogP contribution in [0, 0.1) is 0 Å². The lowest BCUT2D eigenvalue weighted by molar-refractivity contribution is 0.0100. The number of nitrogens with one attached hydrogen (secondary N) is 2. The summed E-state index contributed by atoms with van der Waals surface area (Å²) in [6.45, 7) is 2.56. The number of hydrogen-bond acceptors (Lipinski definition) is 4. The molecule has 2 amide bonds. The molecule has 0 bridgehead atoms. The molecule has 9 heteroatoms. The molecule has 0 aromatic carbocycles. The van der Waals surface area contributed by atoms with E-state index in [4.69, 9.17) is 9.84 Å². The van der Waals surface area contributed by atoms with Crippen molar-refractivity contribution in [2.24, 2.45) is 0 Å². The van der Waals surface area contributed by atoms with Gasteiger partial charge < -0.3 is 25.0 Å². The van der Waals surface area contributed by atoms with Crippen LogP contribution in [0.1, 0.15) is 29.7 Å². The molecule has 0 saturated carbocycles. The molecule has 0 radical (unpaired) electrons. The highest BCUT2D eigenvalue weighted by Gasteiger charge is 2.33. The quantitative estimate of drug-likeness (QED) is 0.734. The molecule has 1 fully saturated rings. The molecule has 1 aromatic rings. The Kier molecular flexibility index (Phi) is 5.41. The zero-order valence-corrected chi connectivity index (χ0v) is 14.0. The van der Waals surface area contributed by atoms with E-state index in [9.17, 15) is 9.59 Å². The van der Waals surface area contributed by atoms with Gasteiger partial charge in [0.2, 0.25) is 0 Å². The third-order valence-electron chi connectivity index (χ3n) is 3.75. The van der Waals surface area contributed by atoms with Gasteiger partial charge in [-0.15, -0.1) is 0 Å². The van der Waals surface area contributed by atoms with Crippen molar-refractivity contribution >= 4 is 27.9 Å². The Balaban J connectivity index is 2.02. The van der Waals surface area contributed by atoms with Gasteiger partial charge in [-0.2, -0.15) is 0 Å². The molecule has 0 spiro atoms. The van der Waals surface area contributed by atoms with Crippen molar-refractivity contribution in [2.75, 3.05) is 20.2 Å². The second-order valence-corrected chi connectivity index (χ2v) is 5.83. The first-order valence-electron chi connectivity index (χ1n) is 7.02. The van der Waals surface area contributed by atoms with Gasteiger partial charge >= 0.3 is 6.09 Å². The highest BCUT2D eigenvalue weighted by Crippen LogP contribution is 2.16. The SMILES string of the molecule is CCc1[nH]c(C(=O)N[C@H]2CCN(C(=O)O)C[C@H]2OC)nc1Br. The van der Waals surface area contributed by atoms with Gasteiger partial charge in [0.25, 0.3) is 5.91 Å². The van der Waals surface area contributed by atoms with Crippen molar-refractivity contribution in [1.82, 2.24) is 20.2 Å². The van der Waals surface area contributed by atoms with Crippen molar-refractivity contribution in [3.05, 3.63) is 16.1 Å². The maximum Gasteiger partial charge on any atom is 0.407 e. The van der Waals surface area contributed by atoms with E-state index in [2.05, 4.69) is 31.2 Å². The molecule has 2 rings (SSSR count). The monoisotopic (exact) mass is 374 g/mol. The van der Waals surface area contributed by atoms with E-state index in [0.717, 1.165) is 12.1 Å². The van der Waals surface area contributed by atoms with Gasteiger partial charge in [0.1, 0.15) is 4.60 Å². The van der Waals surface area contributed by atoms with E-state index in [0.29, 0.717) is 17.6 Å². The number of methoxy groups -OCH3 is 1. The zero-order valence-electron chi connectivity index (χ0n) is 12.4. The number of rotatable bonds is 4. The number of carboxylic acid groups (broad SMARTS) is 1. The Morgan fingerprint density at radius 1 is 1.59 bits per heavy atom. The maximum atomic E-state index is 12.3. The summed E-state index contributed by atoms with van der Waals surface area (Å²) in [5.41, 5.74) is 0.856. The number of amides is 2. The molecule has 3 N–H and O–H groups in total. The standard InChI is InChI=1S/C13H19BrN4O4/c1-3-7-10(14)17-11(15-7)12(19)16-8-4-5-18(13(20)21)6-9(8)22-2/h8-9H,3-6H2,1-2H3,(H,15,17)(H,16,19)(H,20,21)/t8-,9+/m0/s1. The topological polar surface area (TPSA) is 108 Å². The number of halogens is 1. The molecule has 1 aliphatic rings. The third kappa shape index (κ3) is 3.58. The predicted molar refractivity (Wildman–Crippen MR) is 81.9 cm³/mol. The first-order chi connectivity index (χ1) is 10.5. The molecule has 0 unspecified atom stereocenters. The first-order valence-corrected chi connectivity index (χ1v) is 7.81. The fourth-order valence-electron chi connectivity index (χ4n) is 2.46. The molecule has 0 aliphatic carbocycles. The average Bonchev–Trinajstić information content (AvgIpc) is 2.88. The van der Waals surface area contributed by atoms with E-state index in [1.54, 1.807) is 0 Å². The molecular formula is C13H19BrN4O4. The van der Waals surface area contributed by atoms with E-state index in [1.165, 1.54) is 12.0 Å². The summed E-state index contributed by atoms with van der Waals surface area (Å²) in [7, 11) is 1.51. The van der Waals surface area contributed by atoms with Gasteiger partial charge in [-0.1, -0.05) is 6.92 Å². The largest absolute Gasteiger partial charge is 0.465 e. The summed E-state index contributed by atoms with van der Waals surface area (Å²) in [6, 6.07) is -0.248. The number of imidazole rings is 1. The Morgan fingerprint density at radius 2 is 2.32 bits per heavy atom. The fraction of sp³-hybridized carbons (Fsp3) is 0.615. The summed E-state index contributed by atoms with van der Waals surface area (Å²) in [6.07, 6.45) is -0.121. The Labute approximate surface area is 136 Å². The van der Waals surface area contributed by atoms with Gasteiger partial charge in [-0.05, 0) is 28.8 Å². The summed E-state index contributed by atoms with van der Waals surface area (Å²) in [5, 5.41) is 11.9. The van der Waals surface area contributed by atoms with Crippen LogP contribution in [0.15, 0.2) is 4.60 Å². The Bertz CT molecular complexity index is 562. The number of aryl methyl sites for hydroxylation is 1. The third-order valence-corrected chi connectivity index (χ3v) is 4.40. The molecule has 22 heavy (non-hydrogen) atoms. The predicted octanol–water partition coefficient (Wildman–Crippen LogP) is 1.23. The summed E-state index contributed by atoms with van der Waals surface area (Å²) < 4.78 is 5.94. The highest BCUT2D eigenvalue weighted by molar-refractivity contribution is 9.10. The minimum Gasteiger partial charge on any atom is -0.465 e. The Morgan fingerprint density at radius 3 is 2.86 bits per heavy atom. The summed E-state index contributed by atoms with van der Waals surface area (Å²) >= 11 is 3.30. The number of H-pyrrole nitrogens is 1. The van der Waals surface area contributed by atoms with Crippen LogP contribution in [0.5, 0.6) is 0 Å². The molecule has 2 atom stereocenters. The van der Waals surface area contributed by atoms with Crippen LogP contribution in [0.2, 0.25) is 0 Å². The number of carbonyl (C=O) groups excluding carboxylic acids is 1. The van der Waals surface area contributed by atoms with Gasteiger partial charge in [0.05, 0.1) is 18.7 Å². The first kappa shape index (κ1) is 16.8. The van der Waals surface area contributed by atoms with Gasteiger partial charge in [0, 0.05) is 19.3 Å². The number of aromatic nitrogens is 2. The van der Waals surface area contributed by atoms with Crippen LogP contribution in [0.4, 0.5) is 4.79 Å². The minimum absolute atomic E-state index is 0.235. The average molecular weight is 375 g/mol. The molecule has 1 aromatic heterocycles. The van der Waals surface area contributed by atoms with Gasteiger partial charge in [-0.3, -0.25) is 4.79 Å². The number of ether oxygens (including phenoxy) is 1. The second kappa shape index (κ2) is 7.10. The zero-order chi connectivity index (χ0) is 16.3. The van der Waals surface area contributed by atoms with Crippen molar-refractivity contribution < 1.29 is 19.4 Å². The van der Waals surface area contributed by atoms with Gasteiger partial charge in [-0.25, -0.2) is 9.78 Å². The van der Waals surface area contributed by atoms with Crippen molar-refractivity contribution in [1.29, 1.82) is 0 Å². The minimum atomic E-state index is -0.977. The van der Waals surface area contributed by atoms with Gasteiger partial charge in [0.15, 0.2) is 5.82 Å². The fourth-order valence-corrected chi connectivity index (χ4v) is 3.02. The number of hydrogen-bond donors (Lipinski definition) is 3. The summed E-state index contributed by atoms with van der Waals surface area (Å²) in [4.78, 5) is 31.7. The van der Waals surface area contributed by atoms with Crippen molar-refractivity contribution in [3.63, 3.8) is 0 Å². The second-order valence-electron chi connectivity index (χ2n) is 5.08. The van der Waals surface area contributed by atoms with Crippen LogP contribution in [0.3, 0.4) is 0 Å². The van der Waals surface area contributed by atoms with Crippen LogP contribution in [-0.4, -0.2) is 64.3 Å². The van der Waals surface area contributed by atoms with Crippen molar-refractivity contribution in [3.8, 4) is 0 Å². The molecule has 122 valence electrons. The van der Waals surface area contributed by atoms with E-state index >= 15 is 0 Å². The number of aromatic amines is 1. The van der Waals surface area contributed by atoms with Crippen LogP contribution >= 0.6 is 15.9 Å². The molecule has 1 saturated heterocycles. The smallest absolute Gasteiger partial charge is 0.407 e. The lowest BCUT2D eigenvalue weighted by Crippen LogP contribution is -2.55. The van der Waals surface area contributed by atoms with Crippen LogP contribution in [0.25, 0.3) is 0 Å². The van der Waals surface area contributed by atoms with Crippen LogP contribution < -0.4 is 5.32 Å². The number of nitrogens with zero attached hydrogens (tertiary/aromatic N) is 2. The van der Waals surface area contributed by atoms with E-state index in [-0.39, 0.29) is 30.4 Å². The normalized spacial score (nSPS) is 21.7. The number of likely N-dealkylation sites (tertiary alicyclic amines) is 1.